The zero-order chi connectivity index (χ0) is 17.3. The van der Waals surface area contributed by atoms with Crippen molar-refractivity contribution in [3.63, 3.8) is 0 Å². The Morgan fingerprint density at radius 1 is 1.28 bits per heavy atom. The Morgan fingerprint density at radius 3 is 2.96 bits per heavy atom. The molecule has 1 heterocycles. The number of fused-ring (bicyclic) bond motifs is 2. The normalized spacial score (nSPS) is 21.5. The number of rotatable bonds is 5. The third-order valence-corrected chi connectivity index (χ3v) is 6.52. The summed E-state index contributed by atoms with van der Waals surface area (Å²) in [6, 6.07) is 8.59. The van der Waals surface area contributed by atoms with Gasteiger partial charge in [0.1, 0.15) is 5.75 Å². The summed E-state index contributed by atoms with van der Waals surface area (Å²) < 4.78 is 24.0. The van der Waals surface area contributed by atoms with Crippen LogP contribution in [0, 0.1) is 5.92 Å². The molecule has 1 N–H and O–H groups in total. The van der Waals surface area contributed by atoms with Crippen LogP contribution in [-0.4, -0.2) is 16.2 Å². The molecule has 2 atom stereocenters. The largest absolute Gasteiger partial charge is 0.456 e. The predicted molar refractivity (Wildman–Crippen MR) is 98.2 cm³/mol. The molecule has 0 spiro atoms. The molecule has 1 saturated carbocycles. The zero-order valence-electron chi connectivity index (χ0n) is 13.8. The molecule has 1 aromatic carbocycles. The highest BCUT2D eigenvalue weighted by molar-refractivity contribution is 7.53. The Balaban J connectivity index is 1.49. The van der Waals surface area contributed by atoms with Gasteiger partial charge in [-0.3, -0.25) is 0 Å². The van der Waals surface area contributed by atoms with Crippen molar-refractivity contribution in [1.29, 1.82) is 0 Å². The zero-order valence-corrected chi connectivity index (χ0v) is 15.5. The SMILES string of the molecule is O=P(O)(COc1nc2c(s1)=CCC1CCCCC=21)Oc1ccccc1. The molecule has 4 rings (SSSR count). The lowest BCUT2D eigenvalue weighted by Gasteiger charge is -2.25. The van der Waals surface area contributed by atoms with Crippen molar-refractivity contribution in [3.8, 4) is 10.9 Å². The van der Waals surface area contributed by atoms with Gasteiger partial charge in [0.15, 0.2) is 0 Å². The van der Waals surface area contributed by atoms with Crippen molar-refractivity contribution in [2.24, 2.45) is 5.92 Å². The highest BCUT2D eigenvalue weighted by atomic mass is 32.1. The van der Waals surface area contributed by atoms with Crippen molar-refractivity contribution < 1.29 is 18.7 Å². The molecule has 0 aliphatic heterocycles. The van der Waals surface area contributed by atoms with E-state index < -0.39 is 13.9 Å². The van der Waals surface area contributed by atoms with Crippen LogP contribution in [0.1, 0.15) is 32.1 Å². The molecule has 0 radical (unpaired) electrons. The maximum absolute atomic E-state index is 12.2. The second-order valence-corrected chi connectivity index (χ2v) is 9.12. The summed E-state index contributed by atoms with van der Waals surface area (Å²) in [4.78, 5) is 14.6. The van der Waals surface area contributed by atoms with Crippen LogP contribution in [0.25, 0.3) is 11.6 Å². The van der Waals surface area contributed by atoms with Gasteiger partial charge in [-0.25, -0.2) is 9.55 Å². The lowest BCUT2D eigenvalue weighted by atomic mass is 9.80. The molecule has 1 aromatic heterocycles. The Labute approximate surface area is 150 Å². The lowest BCUT2D eigenvalue weighted by molar-refractivity contribution is 0.304. The van der Waals surface area contributed by atoms with Gasteiger partial charge in [-0.2, -0.15) is 0 Å². The number of nitrogens with zero attached hydrogens (tertiary/aromatic N) is 1. The number of para-hydroxylation sites is 1. The van der Waals surface area contributed by atoms with Crippen LogP contribution in [0.4, 0.5) is 0 Å². The van der Waals surface area contributed by atoms with Gasteiger partial charge in [0.2, 0.25) is 6.35 Å². The van der Waals surface area contributed by atoms with Gasteiger partial charge in [-0.1, -0.05) is 42.0 Å². The van der Waals surface area contributed by atoms with Crippen molar-refractivity contribution in [1.82, 2.24) is 4.98 Å². The molecule has 2 aliphatic carbocycles. The molecule has 132 valence electrons. The summed E-state index contributed by atoms with van der Waals surface area (Å²) in [5.74, 6) is 0.964. The van der Waals surface area contributed by atoms with E-state index in [-0.39, 0.29) is 0 Å². The topological polar surface area (TPSA) is 68.7 Å². The first-order valence-corrected chi connectivity index (χ1v) is 11.1. The van der Waals surface area contributed by atoms with Crippen molar-refractivity contribution in [2.45, 2.75) is 32.1 Å². The number of ether oxygens (including phenoxy) is 1. The first-order valence-electron chi connectivity index (χ1n) is 8.50. The van der Waals surface area contributed by atoms with Crippen molar-refractivity contribution in [3.05, 3.63) is 40.2 Å². The Hall–Kier alpha value is -1.62. The Morgan fingerprint density at radius 2 is 2.12 bits per heavy atom. The number of aromatic nitrogens is 1. The lowest BCUT2D eigenvalue weighted by Crippen LogP contribution is -2.32. The van der Waals surface area contributed by atoms with E-state index in [1.54, 1.807) is 24.3 Å². The van der Waals surface area contributed by atoms with E-state index in [2.05, 4.69) is 11.1 Å². The van der Waals surface area contributed by atoms with E-state index in [4.69, 9.17) is 9.26 Å². The maximum Gasteiger partial charge on any atom is 0.413 e. The molecular weight excluding hydrogens is 357 g/mol. The fraction of sp³-hybridized carbons (Fsp3) is 0.389. The van der Waals surface area contributed by atoms with Gasteiger partial charge < -0.3 is 14.2 Å². The number of benzene rings is 1. The minimum absolute atomic E-state index is 0.351. The Bertz CT molecular complexity index is 924. The summed E-state index contributed by atoms with van der Waals surface area (Å²) in [5.41, 5.74) is 1.43. The molecule has 0 bridgehead atoms. The minimum atomic E-state index is -3.89. The summed E-state index contributed by atoms with van der Waals surface area (Å²) in [6.07, 6.45) is 7.72. The van der Waals surface area contributed by atoms with Crippen LogP contribution in [-0.2, 0) is 4.57 Å². The van der Waals surface area contributed by atoms with Gasteiger partial charge in [0.05, 0.1) is 9.88 Å². The molecular formula is C18H20NO4PS. The van der Waals surface area contributed by atoms with Gasteiger partial charge in [0.25, 0.3) is 5.19 Å². The van der Waals surface area contributed by atoms with Crippen molar-refractivity contribution >= 4 is 30.6 Å². The molecule has 25 heavy (non-hydrogen) atoms. The van der Waals surface area contributed by atoms with Crippen LogP contribution < -0.4 is 19.1 Å². The second-order valence-electron chi connectivity index (χ2n) is 6.42. The second kappa shape index (κ2) is 6.94. The first kappa shape index (κ1) is 16.8. The van der Waals surface area contributed by atoms with Gasteiger partial charge in [-0.05, 0) is 49.3 Å². The Kier molecular flexibility index (Phi) is 4.67. The number of thiazole rings is 1. The van der Waals surface area contributed by atoms with E-state index in [0.29, 0.717) is 16.9 Å². The van der Waals surface area contributed by atoms with Crippen LogP contribution in [0.3, 0.4) is 0 Å². The van der Waals surface area contributed by atoms with E-state index in [1.807, 2.05) is 6.07 Å². The molecule has 5 nitrogen and oxygen atoms in total. The fourth-order valence-corrected chi connectivity index (χ4v) is 5.23. The first-order chi connectivity index (χ1) is 12.1. The molecule has 0 saturated heterocycles. The molecule has 0 amide bonds. The average Bonchev–Trinajstić information content (AvgIpc) is 3.04. The monoisotopic (exact) mass is 377 g/mol. The summed E-state index contributed by atoms with van der Waals surface area (Å²) >= 11 is 1.44. The van der Waals surface area contributed by atoms with Crippen molar-refractivity contribution in [2.75, 3.05) is 6.35 Å². The number of hydrogen-bond donors (Lipinski definition) is 1. The van der Waals surface area contributed by atoms with Crippen LogP contribution >= 0.6 is 18.9 Å². The summed E-state index contributed by atoms with van der Waals surface area (Å²) in [7, 11) is -3.89. The molecule has 1 fully saturated rings. The van der Waals surface area contributed by atoms with E-state index in [0.717, 1.165) is 22.7 Å². The van der Waals surface area contributed by atoms with E-state index in [9.17, 15) is 9.46 Å². The van der Waals surface area contributed by atoms with Gasteiger partial charge in [0, 0.05) is 0 Å². The minimum Gasteiger partial charge on any atom is -0.456 e. The summed E-state index contributed by atoms with van der Waals surface area (Å²) in [6.45, 7) is 0. The van der Waals surface area contributed by atoms with Gasteiger partial charge >= 0.3 is 7.60 Å². The number of hydrogen-bond acceptors (Lipinski definition) is 5. The summed E-state index contributed by atoms with van der Waals surface area (Å²) in [5, 5.41) is 1.47. The van der Waals surface area contributed by atoms with Crippen LogP contribution in [0.5, 0.6) is 10.9 Å². The fourth-order valence-electron chi connectivity index (χ4n) is 3.46. The third-order valence-electron chi connectivity index (χ3n) is 4.61. The highest BCUT2D eigenvalue weighted by Gasteiger charge is 2.25. The maximum atomic E-state index is 12.2. The van der Waals surface area contributed by atoms with Gasteiger partial charge in [-0.15, -0.1) is 0 Å². The predicted octanol–water partition coefficient (Wildman–Crippen LogP) is 3.27. The molecule has 2 unspecified atom stereocenters. The molecule has 2 aromatic rings. The smallest absolute Gasteiger partial charge is 0.413 e. The average molecular weight is 377 g/mol. The third kappa shape index (κ3) is 3.81. The highest BCUT2D eigenvalue weighted by Crippen LogP contribution is 2.42. The standard InChI is InChI=1S/C18H20NO4PS/c20-24(21,23-14-7-2-1-3-8-14)12-22-18-19-17-15-9-5-4-6-13(15)10-11-16(17)25-18/h1-3,7-8,11,13H,4-6,9-10,12H2,(H,20,21). The quantitative estimate of drug-likeness (QED) is 0.810. The molecule has 7 heteroatoms. The van der Waals surface area contributed by atoms with E-state index in [1.165, 1.54) is 36.2 Å². The van der Waals surface area contributed by atoms with Crippen LogP contribution in [0.15, 0.2) is 30.3 Å². The molecule has 2 aliphatic rings. The van der Waals surface area contributed by atoms with Crippen LogP contribution in [0.2, 0.25) is 0 Å². The van der Waals surface area contributed by atoms with E-state index >= 15 is 0 Å².